The molecule has 0 spiro atoms. The summed E-state index contributed by atoms with van der Waals surface area (Å²) in [5.74, 6) is 0. The van der Waals surface area contributed by atoms with E-state index in [4.69, 9.17) is 0 Å². The zero-order valence-electron chi connectivity index (χ0n) is 9.78. The molecule has 2 rings (SSSR count). The summed E-state index contributed by atoms with van der Waals surface area (Å²) >= 11 is 8.64. The van der Waals surface area contributed by atoms with Crippen molar-refractivity contribution < 1.29 is 0 Å². The van der Waals surface area contributed by atoms with Gasteiger partial charge >= 0.3 is 0 Å². The molecule has 94 valence electrons. The van der Waals surface area contributed by atoms with Gasteiger partial charge < -0.3 is 5.32 Å². The van der Waals surface area contributed by atoms with Gasteiger partial charge in [0, 0.05) is 26.6 Å². The number of rotatable bonds is 4. The summed E-state index contributed by atoms with van der Waals surface area (Å²) in [5, 5.41) is 4.13. The fourth-order valence-corrected chi connectivity index (χ4v) is 3.14. The van der Waals surface area contributed by atoms with Crippen LogP contribution in [0.2, 0.25) is 0 Å². The standard InChI is InChI=1S/C13H12Br2N2S/c1-16-7-9-2-4-12(11(15)6-9)18-13-5-3-10(14)8-17-13/h2-6,8,16H,7H2,1H3. The lowest BCUT2D eigenvalue weighted by Gasteiger charge is -2.06. The molecule has 0 saturated carbocycles. The summed E-state index contributed by atoms with van der Waals surface area (Å²) in [5.41, 5.74) is 1.26. The van der Waals surface area contributed by atoms with Crippen LogP contribution >= 0.6 is 43.6 Å². The van der Waals surface area contributed by atoms with Gasteiger partial charge in [-0.2, -0.15) is 0 Å². The second-order valence-corrected chi connectivity index (χ2v) is 6.54. The van der Waals surface area contributed by atoms with Gasteiger partial charge in [-0.25, -0.2) is 4.98 Å². The Morgan fingerprint density at radius 2 is 2.06 bits per heavy atom. The second-order valence-electron chi connectivity index (χ2n) is 3.71. The fraction of sp³-hybridized carbons (Fsp3) is 0.154. The molecule has 0 aliphatic rings. The van der Waals surface area contributed by atoms with E-state index in [-0.39, 0.29) is 0 Å². The first-order valence-corrected chi connectivity index (χ1v) is 7.82. The number of hydrogen-bond donors (Lipinski definition) is 1. The van der Waals surface area contributed by atoms with Gasteiger partial charge in [-0.1, -0.05) is 17.8 Å². The predicted molar refractivity (Wildman–Crippen MR) is 83.0 cm³/mol. The molecule has 0 aliphatic heterocycles. The molecule has 5 heteroatoms. The Bertz CT molecular complexity index is 529. The van der Waals surface area contributed by atoms with Crippen molar-refractivity contribution >= 4 is 43.6 Å². The SMILES string of the molecule is CNCc1ccc(Sc2ccc(Br)cn2)c(Br)c1. The van der Waals surface area contributed by atoms with Gasteiger partial charge in [0.15, 0.2) is 0 Å². The number of benzene rings is 1. The van der Waals surface area contributed by atoms with Gasteiger partial charge in [-0.05, 0) is 68.7 Å². The molecule has 0 aliphatic carbocycles. The van der Waals surface area contributed by atoms with E-state index in [1.165, 1.54) is 10.5 Å². The molecule has 0 radical (unpaired) electrons. The van der Waals surface area contributed by atoms with Crippen LogP contribution in [-0.4, -0.2) is 12.0 Å². The monoisotopic (exact) mass is 386 g/mol. The third kappa shape index (κ3) is 3.82. The third-order valence-electron chi connectivity index (χ3n) is 2.29. The molecular formula is C13H12Br2N2S. The summed E-state index contributed by atoms with van der Waals surface area (Å²) in [4.78, 5) is 5.53. The van der Waals surface area contributed by atoms with Crippen molar-refractivity contribution in [1.29, 1.82) is 0 Å². The lowest BCUT2D eigenvalue weighted by Crippen LogP contribution is -2.04. The maximum Gasteiger partial charge on any atom is 0.101 e. The smallest absolute Gasteiger partial charge is 0.101 e. The topological polar surface area (TPSA) is 24.9 Å². The maximum atomic E-state index is 4.36. The Labute approximate surface area is 128 Å². The van der Waals surface area contributed by atoms with Gasteiger partial charge in [0.2, 0.25) is 0 Å². The summed E-state index contributed by atoms with van der Waals surface area (Å²) < 4.78 is 2.10. The summed E-state index contributed by atoms with van der Waals surface area (Å²) in [6.07, 6.45) is 1.81. The van der Waals surface area contributed by atoms with E-state index < -0.39 is 0 Å². The van der Waals surface area contributed by atoms with E-state index in [9.17, 15) is 0 Å². The number of pyridine rings is 1. The molecule has 1 N–H and O–H groups in total. The molecule has 1 aromatic heterocycles. The number of hydrogen-bond acceptors (Lipinski definition) is 3. The maximum absolute atomic E-state index is 4.36. The average Bonchev–Trinajstić information content (AvgIpc) is 2.36. The van der Waals surface area contributed by atoms with E-state index in [0.29, 0.717) is 0 Å². The van der Waals surface area contributed by atoms with Crippen LogP contribution in [0, 0.1) is 0 Å². The molecule has 18 heavy (non-hydrogen) atoms. The fourth-order valence-electron chi connectivity index (χ4n) is 1.48. The summed E-state index contributed by atoms with van der Waals surface area (Å²) in [7, 11) is 1.95. The highest BCUT2D eigenvalue weighted by atomic mass is 79.9. The lowest BCUT2D eigenvalue weighted by atomic mass is 10.2. The average molecular weight is 388 g/mol. The first-order chi connectivity index (χ1) is 8.69. The predicted octanol–water partition coefficient (Wildman–Crippen LogP) is 4.48. The van der Waals surface area contributed by atoms with Crippen molar-refractivity contribution in [2.24, 2.45) is 0 Å². The third-order valence-corrected chi connectivity index (χ3v) is 4.71. The number of nitrogens with zero attached hydrogens (tertiary/aromatic N) is 1. The Morgan fingerprint density at radius 3 is 2.67 bits per heavy atom. The quantitative estimate of drug-likeness (QED) is 0.837. The summed E-state index contributed by atoms with van der Waals surface area (Å²) in [6.45, 7) is 0.875. The van der Waals surface area contributed by atoms with E-state index in [2.05, 4.69) is 60.4 Å². The van der Waals surface area contributed by atoms with Crippen molar-refractivity contribution in [1.82, 2.24) is 10.3 Å². The number of halogens is 2. The molecule has 0 unspecified atom stereocenters. The van der Waals surface area contributed by atoms with Crippen molar-refractivity contribution in [2.75, 3.05) is 7.05 Å². The van der Waals surface area contributed by atoms with Gasteiger partial charge in [-0.15, -0.1) is 0 Å². The number of aromatic nitrogens is 1. The van der Waals surface area contributed by atoms with Gasteiger partial charge in [-0.3, -0.25) is 0 Å². The molecule has 1 aromatic carbocycles. The first kappa shape index (κ1) is 14.1. The molecule has 1 heterocycles. The Hall–Kier alpha value is -0.360. The zero-order valence-corrected chi connectivity index (χ0v) is 13.8. The van der Waals surface area contributed by atoms with Crippen LogP contribution in [0.5, 0.6) is 0 Å². The molecule has 0 saturated heterocycles. The summed E-state index contributed by atoms with van der Waals surface area (Å²) in [6, 6.07) is 10.4. The molecule has 0 bridgehead atoms. The Morgan fingerprint density at radius 1 is 1.22 bits per heavy atom. The Balaban J connectivity index is 2.16. The van der Waals surface area contributed by atoms with Crippen LogP contribution < -0.4 is 5.32 Å². The minimum atomic E-state index is 0.875. The normalized spacial score (nSPS) is 10.6. The largest absolute Gasteiger partial charge is 0.316 e. The van der Waals surface area contributed by atoms with Crippen LogP contribution in [-0.2, 0) is 6.54 Å². The molecule has 2 aromatic rings. The lowest BCUT2D eigenvalue weighted by molar-refractivity contribution is 0.816. The van der Waals surface area contributed by atoms with Crippen LogP contribution in [0.3, 0.4) is 0 Å². The molecule has 0 atom stereocenters. The van der Waals surface area contributed by atoms with Crippen LogP contribution in [0.1, 0.15) is 5.56 Å². The molecular weight excluding hydrogens is 376 g/mol. The minimum Gasteiger partial charge on any atom is -0.316 e. The molecule has 0 amide bonds. The van der Waals surface area contributed by atoms with Crippen molar-refractivity contribution in [3.8, 4) is 0 Å². The van der Waals surface area contributed by atoms with Crippen molar-refractivity contribution in [3.05, 3.63) is 51.0 Å². The van der Waals surface area contributed by atoms with E-state index in [1.54, 1.807) is 11.8 Å². The highest BCUT2D eigenvalue weighted by Gasteiger charge is 2.04. The zero-order chi connectivity index (χ0) is 13.0. The van der Waals surface area contributed by atoms with Crippen LogP contribution in [0.25, 0.3) is 0 Å². The van der Waals surface area contributed by atoms with Crippen LogP contribution in [0.4, 0.5) is 0 Å². The van der Waals surface area contributed by atoms with Crippen molar-refractivity contribution in [2.45, 2.75) is 16.5 Å². The highest BCUT2D eigenvalue weighted by molar-refractivity contribution is 9.10. The van der Waals surface area contributed by atoms with E-state index in [1.807, 2.05) is 25.4 Å². The minimum absolute atomic E-state index is 0.875. The van der Waals surface area contributed by atoms with Gasteiger partial charge in [0.05, 0.1) is 0 Å². The van der Waals surface area contributed by atoms with E-state index >= 15 is 0 Å². The second kappa shape index (κ2) is 6.70. The van der Waals surface area contributed by atoms with Gasteiger partial charge in [0.1, 0.15) is 5.03 Å². The first-order valence-electron chi connectivity index (χ1n) is 5.41. The van der Waals surface area contributed by atoms with Crippen molar-refractivity contribution in [3.63, 3.8) is 0 Å². The number of nitrogens with one attached hydrogen (secondary N) is 1. The Kier molecular flexibility index (Phi) is 5.24. The molecule has 0 fully saturated rings. The highest BCUT2D eigenvalue weighted by Crippen LogP contribution is 2.33. The van der Waals surface area contributed by atoms with E-state index in [0.717, 1.165) is 20.5 Å². The molecule has 2 nitrogen and oxygen atoms in total. The van der Waals surface area contributed by atoms with Gasteiger partial charge in [0.25, 0.3) is 0 Å². The van der Waals surface area contributed by atoms with Crippen LogP contribution in [0.15, 0.2) is 55.4 Å².